The number of rotatable bonds is 4. The summed E-state index contributed by atoms with van der Waals surface area (Å²) in [5.41, 5.74) is 1.82. The molecule has 1 aromatic heterocycles. The zero-order valence-corrected chi connectivity index (χ0v) is 14.5. The van der Waals surface area contributed by atoms with Crippen LogP contribution in [0.15, 0.2) is 70.6 Å². The fourth-order valence-electron chi connectivity index (χ4n) is 3.13. The van der Waals surface area contributed by atoms with Crippen molar-refractivity contribution >= 4 is 9.84 Å². The highest BCUT2D eigenvalue weighted by Crippen LogP contribution is 2.26. The fourth-order valence-corrected chi connectivity index (χ4v) is 4.41. The maximum atomic E-state index is 12.6. The van der Waals surface area contributed by atoms with Crippen LogP contribution in [0.1, 0.15) is 24.7 Å². The molecular formula is C19H19N3O2S. The molecule has 0 saturated carbocycles. The van der Waals surface area contributed by atoms with E-state index in [0.717, 1.165) is 36.5 Å². The van der Waals surface area contributed by atoms with Crippen molar-refractivity contribution in [3.8, 4) is 11.3 Å². The van der Waals surface area contributed by atoms with Crippen molar-refractivity contribution < 1.29 is 8.42 Å². The summed E-state index contributed by atoms with van der Waals surface area (Å²) < 4.78 is 25.3. The van der Waals surface area contributed by atoms with E-state index in [-0.39, 0.29) is 6.04 Å². The summed E-state index contributed by atoms with van der Waals surface area (Å²) in [4.78, 5) is 8.39. The lowest BCUT2D eigenvalue weighted by atomic mass is 10.2. The number of aromatic amines is 1. The van der Waals surface area contributed by atoms with Gasteiger partial charge in [-0.25, -0.2) is 13.4 Å². The predicted octanol–water partition coefficient (Wildman–Crippen LogP) is 3.33. The van der Waals surface area contributed by atoms with Crippen molar-refractivity contribution in [1.29, 1.82) is 0 Å². The van der Waals surface area contributed by atoms with E-state index in [0.29, 0.717) is 9.79 Å². The molecule has 3 aromatic rings. The Morgan fingerprint density at radius 3 is 2.36 bits per heavy atom. The number of H-pyrrole nitrogens is 1. The van der Waals surface area contributed by atoms with Gasteiger partial charge in [0.25, 0.3) is 0 Å². The van der Waals surface area contributed by atoms with Crippen LogP contribution >= 0.6 is 0 Å². The maximum absolute atomic E-state index is 12.6. The minimum absolute atomic E-state index is 0.284. The molecule has 1 aliphatic rings. The average Bonchev–Trinajstić information content (AvgIpc) is 3.34. The molecule has 1 saturated heterocycles. The first kappa shape index (κ1) is 16.1. The van der Waals surface area contributed by atoms with Gasteiger partial charge < -0.3 is 10.3 Å². The Hall–Kier alpha value is -2.44. The van der Waals surface area contributed by atoms with Crippen molar-refractivity contribution in [3.05, 3.63) is 66.6 Å². The van der Waals surface area contributed by atoms with Crippen LogP contribution in [0.5, 0.6) is 0 Å². The Kier molecular flexibility index (Phi) is 4.15. The largest absolute Gasteiger partial charge is 0.341 e. The van der Waals surface area contributed by atoms with Crippen LogP contribution in [-0.4, -0.2) is 24.9 Å². The minimum Gasteiger partial charge on any atom is -0.341 e. The molecule has 0 aliphatic carbocycles. The molecule has 0 spiro atoms. The zero-order chi connectivity index (χ0) is 17.3. The van der Waals surface area contributed by atoms with Crippen LogP contribution in [0.2, 0.25) is 0 Å². The molecular weight excluding hydrogens is 334 g/mol. The standard InChI is InChI=1S/C19H19N3O2S/c23-25(24,15-5-2-1-3-6-15)16-10-8-14(9-11-16)18-13-21-19(22-18)17-7-4-12-20-17/h1-3,5-6,8-11,13,17,20H,4,7,12H2,(H,21,22)/t17-/m0/s1. The van der Waals surface area contributed by atoms with Gasteiger partial charge in [0.15, 0.2) is 0 Å². The number of nitrogens with one attached hydrogen (secondary N) is 2. The normalized spacial score (nSPS) is 17.7. The summed E-state index contributed by atoms with van der Waals surface area (Å²) in [6.07, 6.45) is 4.05. The highest BCUT2D eigenvalue weighted by Gasteiger charge is 2.20. The SMILES string of the molecule is O=S(=O)(c1ccccc1)c1ccc(-c2cnc([C@@H]3CCCN3)[nH]2)cc1. The highest BCUT2D eigenvalue weighted by molar-refractivity contribution is 7.91. The summed E-state index contributed by atoms with van der Waals surface area (Å²) >= 11 is 0. The summed E-state index contributed by atoms with van der Waals surface area (Å²) in [7, 11) is -3.48. The Morgan fingerprint density at radius 1 is 0.960 bits per heavy atom. The predicted molar refractivity (Wildman–Crippen MR) is 95.9 cm³/mol. The van der Waals surface area contributed by atoms with E-state index < -0.39 is 9.84 Å². The molecule has 1 fully saturated rings. The molecule has 0 radical (unpaired) electrons. The molecule has 6 heteroatoms. The van der Waals surface area contributed by atoms with Gasteiger partial charge in [0.2, 0.25) is 9.84 Å². The van der Waals surface area contributed by atoms with Gasteiger partial charge in [0.1, 0.15) is 5.82 Å². The molecule has 1 atom stereocenters. The topological polar surface area (TPSA) is 74.8 Å². The van der Waals surface area contributed by atoms with Crippen LogP contribution in [0, 0.1) is 0 Å². The van der Waals surface area contributed by atoms with Crippen molar-refractivity contribution in [2.75, 3.05) is 6.54 Å². The lowest BCUT2D eigenvalue weighted by Crippen LogP contribution is -2.14. The van der Waals surface area contributed by atoms with Gasteiger partial charge in [-0.3, -0.25) is 0 Å². The van der Waals surface area contributed by atoms with Crippen LogP contribution in [0.4, 0.5) is 0 Å². The van der Waals surface area contributed by atoms with E-state index in [2.05, 4.69) is 15.3 Å². The number of benzene rings is 2. The van der Waals surface area contributed by atoms with E-state index in [1.54, 1.807) is 48.7 Å². The van der Waals surface area contributed by atoms with E-state index in [9.17, 15) is 8.42 Å². The number of aromatic nitrogens is 2. The second-order valence-corrected chi connectivity index (χ2v) is 8.12. The molecule has 0 unspecified atom stereocenters. The quantitative estimate of drug-likeness (QED) is 0.754. The van der Waals surface area contributed by atoms with Gasteiger partial charge in [-0.1, -0.05) is 30.3 Å². The Labute approximate surface area is 147 Å². The molecule has 2 N–H and O–H groups in total. The van der Waals surface area contributed by atoms with Crippen molar-refractivity contribution in [2.24, 2.45) is 0 Å². The van der Waals surface area contributed by atoms with Gasteiger partial charge in [0, 0.05) is 0 Å². The van der Waals surface area contributed by atoms with Gasteiger partial charge in [0.05, 0.1) is 27.7 Å². The number of hydrogen-bond acceptors (Lipinski definition) is 4. The molecule has 1 aliphatic heterocycles. The lowest BCUT2D eigenvalue weighted by molar-refractivity contribution is 0.596. The molecule has 2 aromatic carbocycles. The maximum Gasteiger partial charge on any atom is 0.206 e. The van der Waals surface area contributed by atoms with Gasteiger partial charge in [-0.2, -0.15) is 0 Å². The minimum atomic E-state index is -3.48. The van der Waals surface area contributed by atoms with Crippen molar-refractivity contribution in [1.82, 2.24) is 15.3 Å². The van der Waals surface area contributed by atoms with Crippen molar-refractivity contribution in [2.45, 2.75) is 28.7 Å². The Balaban J connectivity index is 1.60. The highest BCUT2D eigenvalue weighted by atomic mass is 32.2. The first-order chi connectivity index (χ1) is 12.1. The fraction of sp³-hybridized carbons (Fsp3) is 0.211. The second kappa shape index (κ2) is 6.46. The van der Waals surface area contributed by atoms with Crippen molar-refractivity contribution in [3.63, 3.8) is 0 Å². The average molecular weight is 353 g/mol. The Bertz CT molecular complexity index is 957. The summed E-state index contributed by atoms with van der Waals surface area (Å²) in [6, 6.07) is 15.7. The monoisotopic (exact) mass is 353 g/mol. The molecule has 4 rings (SSSR count). The van der Waals surface area contributed by atoms with E-state index in [1.807, 2.05) is 12.1 Å². The Morgan fingerprint density at radius 2 is 1.68 bits per heavy atom. The summed E-state index contributed by atoms with van der Waals surface area (Å²) in [5.74, 6) is 0.938. The molecule has 128 valence electrons. The van der Waals surface area contributed by atoms with E-state index in [4.69, 9.17) is 0 Å². The van der Waals surface area contributed by atoms with Crippen LogP contribution < -0.4 is 5.32 Å². The molecule has 5 nitrogen and oxygen atoms in total. The zero-order valence-electron chi connectivity index (χ0n) is 13.6. The summed E-state index contributed by atoms with van der Waals surface area (Å²) in [5, 5.41) is 3.41. The van der Waals surface area contributed by atoms with Crippen LogP contribution in [0.3, 0.4) is 0 Å². The number of hydrogen-bond donors (Lipinski definition) is 2. The molecule has 0 amide bonds. The van der Waals surface area contributed by atoms with E-state index in [1.165, 1.54) is 0 Å². The first-order valence-electron chi connectivity index (χ1n) is 8.33. The molecule has 0 bridgehead atoms. The van der Waals surface area contributed by atoms with Crippen LogP contribution in [0.25, 0.3) is 11.3 Å². The van der Waals surface area contributed by atoms with E-state index >= 15 is 0 Å². The third-order valence-corrected chi connectivity index (χ3v) is 6.30. The number of imidazole rings is 1. The molecule has 25 heavy (non-hydrogen) atoms. The number of sulfone groups is 1. The second-order valence-electron chi connectivity index (χ2n) is 6.17. The number of nitrogens with zero attached hydrogens (tertiary/aromatic N) is 1. The van der Waals surface area contributed by atoms with Gasteiger partial charge in [-0.15, -0.1) is 0 Å². The molecule has 2 heterocycles. The smallest absolute Gasteiger partial charge is 0.206 e. The third-order valence-electron chi connectivity index (χ3n) is 4.51. The van der Waals surface area contributed by atoms with Gasteiger partial charge >= 0.3 is 0 Å². The van der Waals surface area contributed by atoms with Crippen LogP contribution in [-0.2, 0) is 9.84 Å². The first-order valence-corrected chi connectivity index (χ1v) is 9.82. The van der Waals surface area contributed by atoms with Gasteiger partial charge in [-0.05, 0) is 49.2 Å². The third kappa shape index (κ3) is 3.10. The lowest BCUT2D eigenvalue weighted by Gasteiger charge is -2.06. The summed E-state index contributed by atoms with van der Waals surface area (Å²) in [6.45, 7) is 1.02.